The van der Waals surface area contributed by atoms with Crippen molar-refractivity contribution < 1.29 is 22.7 Å². The summed E-state index contributed by atoms with van der Waals surface area (Å²) in [4.78, 5) is 12.0. The van der Waals surface area contributed by atoms with Gasteiger partial charge in [0.2, 0.25) is 0 Å². The number of nitrogens with one attached hydrogen (secondary N) is 2. The number of benzene rings is 2. The Morgan fingerprint density at radius 1 is 1.08 bits per heavy atom. The van der Waals surface area contributed by atoms with E-state index < -0.39 is 17.8 Å². The molecule has 3 rings (SSSR count). The van der Waals surface area contributed by atoms with Crippen molar-refractivity contribution in [2.45, 2.75) is 24.4 Å². The molecule has 2 aromatic rings. The Labute approximate surface area is 149 Å². The molecule has 2 aromatic carbocycles. The van der Waals surface area contributed by atoms with Gasteiger partial charge in [0.05, 0.1) is 12.7 Å². The molecule has 0 unspecified atom stereocenters. The highest BCUT2D eigenvalue weighted by Crippen LogP contribution is 2.47. The minimum atomic E-state index is -4.39. The monoisotopic (exact) mass is 364 g/mol. The molecule has 26 heavy (non-hydrogen) atoms. The Bertz CT molecular complexity index is 767. The summed E-state index contributed by atoms with van der Waals surface area (Å²) in [6.07, 6.45) is -2.45. The van der Waals surface area contributed by atoms with E-state index in [1.54, 1.807) is 7.11 Å². The molecule has 1 fully saturated rings. The summed E-state index contributed by atoms with van der Waals surface area (Å²) in [5.74, 6) is 0.776. The Morgan fingerprint density at radius 2 is 1.69 bits per heavy atom. The minimum absolute atomic E-state index is 0.0796. The highest BCUT2D eigenvalue weighted by atomic mass is 19.4. The Morgan fingerprint density at radius 3 is 2.19 bits per heavy atom. The van der Waals surface area contributed by atoms with Gasteiger partial charge in [-0.3, -0.25) is 0 Å². The first-order chi connectivity index (χ1) is 12.3. The fourth-order valence-corrected chi connectivity index (χ4v) is 2.83. The lowest BCUT2D eigenvalue weighted by Gasteiger charge is -2.17. The van der Waals surface area contributed by atoms with Gasteiger partial charge in [0, 0.05) is 17.6 Å². The fourth-order valence-electron chi connectivity index (χ4n) is 2.83. The number of carbonyl (C=O) groups is 1. The molecule has 0 heterocycles. The number of hydrogen-bond donors (Lipinski definition) is 2. The van der Waals surface area contributed by atoms with Crippen LogP contribution in [0.2, 0.25) is 0 Å². The second-order valence-corrected chi connectivity index (χ2v) is 6.39. The minimum Gasteiger partial charge on any atom is -0.497 e. The Kier molecular flexibility index (Phi) is 4.80. The third kappa shape index (κ3) is 4.09. The Hall–Kier alpha value is -2.70. The molecule has 2 N–H and O–H groups in total. The maximum Gasteiger partial charge on any atom is 0.416 e. The lowest BCUT2D eigenvalue weighted by atomic mass is 9.96. The molecule has 0 atom stereocenters. The van der Waals surface area contributed by atoms with Crippen LogP contribution in [0, 0.1) is 0 Å². The number of anilines is 1. The number of urea groups is 1. The second kappa shape index (κ2) is 6.90. The summed E-state index contributed by atoms with van der Waals surface area (Å²) in [5.41, 5.74) is 0.613. The van der Waals surface area contributed by atoms with Gasteiger partial charge in [-0.15, -0.1) is 0 Å². The van der Waals surface area contributed by atoms with E-state index in [0.717, 1.165) is 36.3 Å². The third-order valence-electron chi connectivity index (χ3n) is 4.61. The van der Waals surface area contributed by atoms with Crippen molar-refractivity contribution in [2.75, 3.05) is 19.0 Å². The molecule has 1 saturated carbocycles. The molecule has 1 aliphatic rings. The van der Waals surface area contributed by atoms with Gasteiger partial charge >= 0.3 is 12.2 Å². The number of amides is 2. The van der Waals surface area contributed by atoms with Crippen molar-refractivity contribution in [1.82, 2.24) is 5.32 Å². The first kappa shape index (κ1) is 18.1. The summed E-state index contributed by atoms with van der Waals surface area (Å²) >= 11 is 0. The van der Waals surface area contributed by atoms with Gasteiger partial charge in [-0.1, -0.05) is 12.1 Å². The fraction of sp³-hybridized carbons (Fsp3) is 0.316. The topological polar surface area (TPSA) is 50.4 Å². The van der Waals surface area contributed by atoms with E-state index in [-0.39, 0.29) is 5.41 Å². The molecule has 0 aliphatic heterocycles. The number of methoxy groups -OCH3 is 1. The van der Waals surface area contributed by atoms with E-state index in [0.29, 0.717) is 12.2 Å². The molecule has 2 amide bonds. The molecule has 0 radical (unpaired) electrons. The first-order valence-corrected chi connectivity index (χ1v) is 8.19. The zero-order valence-corrected chi connectivity index (χ0v) is 14.2. The van der Waals surface area contributed by atoms with Crippen LogP contribution >= 0.6 is 0 Å². The summed E-state index contributed by atoms with van der Waals surface area (Å²) in [5, 5.41) is 5.36. The van der Waals surface area contributed by atoms with E-state index in [1.807, 2.05) is 24.3 Å². The second-order valence-electron chi connectivity index (χ2n) is 6.39. The van der Waals surface area contributed by atoms with Crippen LogP contribution in [-0.2, 0) is 11.6 Å². The van der Waals surface area contributed by atoms with Crippen LogP contribution in [-0.4, -0.2) is 19.7 Å². The van der Waals surface area contributed by atoms with E-state index >= 15 is 0 Å². The molecule has 4 nitrogen and oxygen atoms in total. The molecule has 138 valence electrons. The Balaban J connectivity index is 1.55. The van der Waals surface area contributed by atoms with Crippen molar-refractivity contribution in [3.05, 3.63) is 59.7 Å². The maximum absolute atomic E-state index is 12.5. The van der Waals surface area contributed by atoms with E-state index in [9.17, 15) is 18.0 Å². The molecule has 7 heteroatoms. The van der Waals surface area contributed by atoms with Gasteiger partial charge in [-0.25, -0.2) is 4.79 Å². The average molecular weight is 364 g/mol. The molecule has 0 aromatic heterocycles. The molecular weight excluding hydrogens is 345 g/mol. The normalized spacial score (nSPS) is 15.2. The molecule has 0 spiro atoms. The van der Waals surface area contributed by atoms with Crippen LogP contribution in [0.1, 0.15) is 24.0 Å². The highest BCUT2D eigenvalue weighted by Gasteiger charge is 2.44. The third-order valence-corrected chi connectivity index (χ3v) is 4.61. The van der Waals surface area contributed by atoms with Gasteiger partial charge in [0.1, 0.15) is 5.75 Å². The number of carbonyl (C=O) groups excluding carboxylic acids is 1. The lowest BCUT2D eigenvalue weighted by molar-refractivity contribution is -0.137. The lowest BCUT2D eigenvalue weighted by Crippen LogP contribution is -2.35. The predicted octanol–water partition coefficient (Wildman–Crippen LogP) is 4.57. The van der Waals surface area contributed by atoms with Crippen LogP contribution in [0.3, 0.4) is 0 Å². The van der Waals surface area contributed by atoms with Gasteiger partial charge < -0.3 is 15.4 Å². The quantitative estimate of drug-likeness (QED) is 0.817. The van der Waals surface area contributed by atoms with Crippen LogP contribution in [0.5, 0.6) is 5.75 Å². The molecule has 0 saturated heterocycles. The zero-order valence-electron chi connectivity index (χ0n) is 14.2. The number of rotatable bonds is 5. The number of alkyl halides is 3. The molecule has 1 aliphatic carbocycles. The van der Waals surface area contributed by atoms with Crippen molar-refractivity contribution in [1.29, 1.82) is 0 Å². The van der Waals surface area contributed by atoms with Crippen LogP contribution in [0.4, 0.5) is 23.7 Å². The van der Waals surface area contributed by atoms with Crippen molar-refractivity contribution in [3.8, 4) is 5.75 Å². The van der Waals surface area contributed by atoms with E-state index in [2.05, 4.69) is 10.6 Å². The predicted molar refractivity (Wildman–Crippen MR) is 92.4 cm³/mol. The van der Waals surface area contributed by atoms with Crippen molar-refractivity contribution >= 4 is 11.7 Å². The van der Waals surface area contributed by atoms with Crippen molar-refractivity contribution in [3.63, 3.8) is 0 Å². The maximum atomic E-state index is 12.5. The summed E-state index contributed by atoms with van der Waals surface area (Å²) in [6.45, 7) is 0.464. The number of ether oxygens (including phenoxy) is 1. The highest BCUT2D eigenvalue weighted by molar-refractivity contribution is 5.89. The van der Waals surface area contributed by atoms with Gasteiger partial charge in [-0.05, 0) is 54.8 Å². The van der Waals surface area contributed by atoms with Crippen molar-refractivity contribution in [2.24, 2.45) is 0 Å². The zero-order chi connectivity index (χ0) is 18.8. The summed E-state index contributed by atoms with van der Waals surface area (Å²) in [6, 6.07) is 11.7. The van der Waals surface area contributed by atoms with Gasteiger partial charge in [0.25, 0.3) is 0 Å². The van der Waals surface area contributed by atoms with Gasteiger partial charge in [0.15, 0.2) is 0 Å². The largest absolute Gasteiger partial charge is 0.497 e. The van der Waals surface area contributed by atoms with Gasteiger partial charge in [-0.2, -0.15) is 13.2 Å². The standard InChI is InChI=1S/C19H19F3N2O2/c1-26-16-8-4-13(5-9-16)18(10-11-18)12-23-17(25)24-15-6-2-14(3-7-15)19(20,21)22/h2-9H,10-12H2,1H3,(H2,23,24,25). The summed E-state index contributed by atoms with van der Waals surface area (Å²) < 4.78 is 42.8. The first-order valence-electron chi connectivity index (χ1n) is 8.19. The van der Waals surface area contributed by atoms with Crippen LogP contribution in [0.25, 0.3) is 0 Å². The van der Waals surface area contributed by atoms with Crippen LogP contribution in [0.15, 0.2) is 48.5 Å². The summed E-state index contributed by atoms with van der Waals surface area (Å²) in [7, 11) is 1.61. The smallest absolute Gasteiger partial charge is 0.416 e. The number of halogens is 3. The van der Waals surface area contributed by atoms with E-state index in [4.69, 9.17) is 4.74 Å². The van der Waals surface area contributed by atoms with Crippen LogP contribution < -0.4 is 15.4 Å². The average Bonchev–Trinajstić information content (AvgIpc) is 3.41. The molecule has 0 bridgehead atoms. The van der Waals surface area contributed by atoms with E-state index in [1.165, 1.54) is 12.1 Å². The molecular formula is C19H19F3N2O2. The number of hydrogen-bond acceptors (Lipinski definition) is 2. The SMILES string of the molecule is COc1ccc(C2(CNC(=O)Nc3ccc(C(F)(F)F)cc3)CC2)cc1.